The maximum Gasteiger partial charge on any atom is 0.349 e. The lowest BCUT2D eigenvalue weighted by atomic mass is 10.1. The number of hydrogen-bond acceptors (Lipinski definition) is 5. The molecule has 0 aliphatic heterocycles. The van der Waals surface area contributed by atoms with Gasteiger partial charge >= 0.3 is 5.97 Å². The Labute approximate surface area is 165 Å². The molecule has 2 aromatic carbocycles. The number of rotatable bonds is 5. The lowest BCUT2D eigenvalue weighted by molar-refractivity contribution is -0.123. The van der Waals surface area contributed by atoms with Crippen LogP contribution in [0.25, 0.3) is 10.1 Å². The molecule has 0 bridgehead atoms. The Bertz CT molecular complexity index is 1090. The SMILES string of the molecule is CC(=O)c1cccc(NC(=O)C(C)OC(=O)c2sc3cccc(F)c3c2C)c1. The quantitative estimate of drug-likeness (QED) is 0.497. The van der Waals surface area contributed by atoms with Crippen molar-refractivity contribution < 1.29 is 23.5 Å². The number of ether oxygens (including phenoxy) is 1. The monoisotopic (exact) mass is 399 g/mol. The van der Waals surface area contributed by atoms with Crippen LogP contribution in [-0.2, 0) is 9.53 Å². The van der Waals surface area contributed by atoms with Crippen molar-refractivity contribution >= 4 is 44.8 Å². The first-order valence-electron chi connectivity index (χ1n) is 8.58. The maximum atomic E-state index is 14.0. The summed E-state index contributed by atoms with van der Waals surface area (Å²) in [4.78, 5) is 36.5. The lowest BCUT2D eigenvalue weighted by Gasteiger charge is -2.13. The van der Waals surface area contributed by atoms with Crippen molar-refractivity contribution in [2.75, 3.05) is 5.32 Å². The topological polar surface area (TPSA) is 72.5 Å². The molecule has 0 aliphatic carbocycles. The van der Waals surface area contributed by atoms with Gasteiger partial charge in [0.25, 0.3) is 5.91 Å². The van der Waals surface area contributed by atoms with Gasteiger partial charge in [-0.15, -0.1) is 11.3 Å². The fourth-order valence-corrected chi connectivity index (χ4v) is 3.88. The van der Waals surface area contributed by atoms with Gasteiger partial charge in [-0.2, -0.15) is 0 Å². The van der Waals surface area contributed by atoms with Crippen LogP contribution in [0.5, 0.6) is 0 Å². The largest absolute Gasteiger partial charge is 0.448 e. The number of anilines is 1. The zero-order valence-electron chi connectivity index (χ0n) is 15.5. The van der Waals surface area contributed by atoms with Gasteiger partial charge in [0, 0.05) is 21.3 Å². The van der Waals surface area contributed by atoms with E-state index in [0.717, 1.165) is 11.3 Å². The molecule has 1 unspecified atom stereocenters. The van der Waals surface area contributed by atoms with Gasteiger partial charge in [-0.25, -0.2) is 9.18 Å². The predicted molar refractivity (Wildman–Crippen MR) is 106 cm³/mol. The summed E-state index contributed by atoms with van der Waals surface area (Å²) in [5.41, 5.74) is 1.39. The van der Waals surface area contributed by atoms with Crippen LogP contribution in [0.15, 0.2) is 42.5 Å². The molecule has 0 saturated heterocycles. The Morgan fingerprint density at radius 1 is 1.14 bits per heavy atom. The summed E-state index contributed by atoms with van der Waals surface area (Å²) in [6.45, 7) is 4.53. The molecule has 0 radical (unpaired) electrons. The third kappa shape index (κ3) is 3.94. The number of nitrogens with one attached hydrogen (secondary N) is 1. The Morgan fingerprint density at radius 3 is 2.54 bits per heavy atom. The van der Waals surface area contributed by atoms with E-state index >= 15 is 0 Å². The van der Waals surface area contributed by atoms with E-state index < -0.39 is 23.8 Å². The summed E-state index contributed by atoms with van der Waals surface area (Å²) >= 11 is 1.13. The van der Waals surface area contributed by atoms with Crippen LogP contribution >= 0.6 is 11.3 Å². The number of benzene rings is 2. The van der Waals surface area contributed by atoms with E-state index in [1.54, 1.807) is 43.3 Å². The van der Waals surface area contributed by atoms with Gasteiger partial charge in [-0.1, -0.05) is 18.2 Å². The van der Waals surface area contributed by atoms with Crippen molar-refractivity contribution in [2.24, 2.45) is 0 Å². The molecule has 0 fully saturated rings. The van der Waals surface area contributed by atoms with Gasteiger partial charge in [0.2, 0.25) is 0 Å². The van der Waals surface area contributed by atoms with Crippen molar-refractivity contribution in [2.45, 2.75) is 26.9 Å². The second-order valence-electron chi connectivity index (χ2n) is 6.34. The summed E-state index contributed by atoms with van der Waals surface area (Å²) < 4.78 is 19.9. The summed E-state index contributed by atoms with van der Waals surface area (Å²) in [7, 11) is 0. The molecule has 0 saturated carbocycles. The molecule has 3 rings (SSSR count). The number of fused-ring (bicyclic) bond motifs is 1. The van der Waals surface area contributed by atoms with Crippen molar-refractivity contribution in [1.82, 2.24) is 0 Å². The van der Waals surface area contributed by atoms with Gasteiger partial charge in [0.05, 0.1) is 0 Å². The molecule has 0 spiro atoms. The zero-order valence-corrected chi connectivity index (χ0v) is 16.4. The van der Waals surface area contributed by atoms with Crippen LogP contribution in [0, 0.1) is 12.7 Å². The highest BCUT2D eigenvalue weighted by Crippen LogP contribution is 2.33. The third-order valence-corrected chi connectivity index (χ3v) is 5.52. The van der Waals surface area contributed by atoms with Crippen molar-refractivity contribution in [3.63, 3.8) is 0 Å². The van der Waals surface area contributed by atoms with Crippen molar-refractivity contribution in [3.8, 4) is 0 Å². The van der Waals surface area contributed by atoms with Crippen LogP contribution in [0.4, 0.5) is 10.1 Å². The molecule has 3 aromatic rings. The molecule has 0 aliphatic rings. The summed E-state index contributed by atoms with van der Waals surface area (Å²) in [5.74, 6) is -1.73. The number of halogens is 1. The Morgan fingerprint density at radius 2 is 1.86 bits per heavy atom. The first-order valence-corrected chi connectivity index (χ1v) is 9.40. The Balaban J connectivity index is 1.73. The molecule has 1 heterocycles. The van der Waals surface area contributed by atoms with Gasteiger partial charge in [-0.05, 0) is 50.6 Å². The first kappa shape index (κ1) is 19.7. The number of aryl methyl sites for hydroxylation is 1. The smallest absolute Gasteiger partial charge is 0.349 e. The number of hydrogen-bond donors (Lipinski definition) is 1. The highest BCUT2D eigenvalue weighted by atomic mass is 32.1. The highest BCUT2D eigenvalue weighted by molar-refractivity contribution is 7.21. The average Bonchev–Trinajstić information content (AvgIpc) is 3.00. The number of ketones is 1. The molecule has 1 amide bonds. The van der Waals surface area contributed by atoms with E-state index in [-0.39, 0.29) is 10.7 Å². The van der Waals surface area contributed by atoms with Crippen LogP contribution in [0.1, 0.15) is 39.4 Å². The van der Waals surface area contributed by atoms with Gasteiger partial charge in [0.1, 0.15) is 10.7 Å². The van der Waals surface area contributed by atoms with Crippen molar-refractivity contribution in [1.29, 1.82) is 0 Å². The summed E-state index contributed by atoms with van der Waals surface area (Å²) in [6, 6.07) is 11.1. The predicted octanol–water partition coefficient (Wildman–Crippen LogP) is 4.74. The van der Waals surface area contributed by atoms with E-state index in [1.807, 2.05) is 0 Å². The summed E-state index contributed by atoms with van der Waals surface area (Å²) in [6.07, 6.45) is -1.07. The zero-order chi connectivity index (χ0) is 20.4. The molecule has 28 heavy (non-hydrogen) atoms. The second kappa shape index (κ2) is 7.90. The number of carbonyl (C=O) groups excluding carboxylic acids is 3. The van der Waals surface area contributed by atoms with Crippen LogP contribution in [0.3, 0.4) is 0 Å². The minimum atomic E-state index is -1.07. The van der Waals surface area contributed by atoms with E-state index in [1.165, 1.54) is 19.9 Å². The van der Waals surface area contributed by atoms with Gasteiger partial charge < -0.3 is 10.1 Å². The molecular weight excluding hydrogens is 381 g/mol. The van der Waals surface area contributed by atoms with Crippen LogP contribution in [0.2, 0.25) is 0 Å². The molecule has 1 aromatic heterocycles. The van der Waals surface area contributed by atoms with E-state index in [4.69, 9.17) is 4.74 Å². The number of amides is 1. The third-order valence-electron chi connectivity index (χ3n) is 4.28. The standard InChI is InChI=1S/C21H18FNO4S/c1-11-18-16(22)8-5-9-17(18)28-19(11)21(26)27-13(3)20(25)23-15-7-4-6-14(10-15)12(2)24/h4-10,13H,1-3H3,(H,23,25). The molecule has 1 atom stereocenters. The molecular formula is C21H18FNO4S. The van der Waals surface area contributed by atoms with Crippen molar-refractivity contribution in [3.05, 3.63) is 64.3 Å². The van der Waals surface area contributed by atoms with Crippen LogP contribution < -0.4 is 5.32 Å². The average molecular weight is 399 g/mol. The molecule has 144 valence electrons. The number of carbonyl (C=O) groups is 3. The second-order valence-corrected chi connectivity index (χ2v) is 7.40. The molecule has 1 N–H and O–H groups in total. The Kier molecular flexibility index (Phi) is 5.56. The minimum absolute atomic E-state index is 0.122. The van der Waals surface area contributed by atoms with E-state index in [9.17, 15) is 18.8 Å². The lowest BCUT2D eigenvalue weighted by Crippen LogP contribution is -2.30. The normalized spacial score (nSPS) is 11.9. The van der Waals surface area contributed by atoms with E-state index in [0.29, 0.717) is 26.9 Å². The maximum absolute atomic E-state index is 14.0. The highest BCUT2D eigenvalue weighted by Gasteiger charge is 2.23. The number of esters is 1. The minimum Gasteiger partial charge on any atom is -0.448 e. The van der Waals surface area contributed by atoms with E-state index in [2.05, 4.69) is 5.32 Å². The van der Waals surface area contributed by atoms with Crippen LogP contribution in [-0.4, -0.2) is 23.8 Å². The fraction of sp³-hybridized carbons (Fsp3) is 0.190. The Hall–Kier alpha value is -3.06. The first-order chi connectivity index (χ1) is 13.3. The number of Topliss-reactive ketones (excluding diaryl/α,β-unsaturated/α-hetero) is 1. The fourth-order valence-electron chi connectivity index (χ4n) is 2.78. The number of thiophene rings is 1. The van der Waals surface area contributed by atoms with Gasteiger partial charge in [0.15, 0.2) is 11.9 Å². The molecule has 5 nitrogen and oxygen atoms in total. The van der Waals surface area contributed by atoms with Gasteiger partial charge in [-0.3, -0.25) is 9.59 Å². The molecule has 7 heteroatoms. The summed E-state index contributed by atoms with van der Waals surface area (Å²) in [5, 5.41) is 3.01.